The van der Waals surface area contributed by atoms with E-state index < -0.39 is 35.2 Å². The van der Waals surface area contributed by atoms with Gasteiger partial charge in [0.2, 0.25) is 0 Å². The van der Waals surface area contributed by atoms with E-state index in [0.29, 0.717) is 0 Å². The number of phenolic OH excluding ortho intramolecular Hbond substituents is 1. The van der Waals surface area contributed by atoms with Crippen molar-refractivity contribution in [2.45, 2.75) is 51.6 Å². The maximum absolute atomic E-state index is 15.1. The van der Waals surface area contributed by atoms with Crippen molar-refractivity contribution in [2.75, 3.05) is 0 Å². The number of phenols is 1. The van der Waals surface area contributed by atoms with Crippen molar-refractivity contribution < 1.29 is 28.2 Å². The van der Waals surface area contributed by atoms with Gasteiger partial charge in [-0.25, -0.2) is 8.78 Å². The molecule has 0 saturated heterocycles. The van der Waals surface area contributed by atoms with Crippen LogP contribution in [0.4, 0.5) is 8.78 Å². The second kappa shape index (κ2) is 8.95. The number of esters is 1. The summed E-state index contributed by atoms with van der Waals surface area (Å²) in [5, 5.41) is 10.1. The number of hydrogen-bond acceptors (Lipinski definition) is 4. The monoisotopic (exact) mass is 495 g/mol. The SMILES string of the molecule is Cc1c(C(C)C(=O)OC2CCCC2)c2c(F)c(O)c(F)cc2n1C(=O)c1ccc(Cl)c(Cl)c1. The van der Waals surface area contributed by atoms with E-state index in [1.54, 1.807) is 0 Å². The van der Waals surface area contributed by atoms with Gasteiger partial charge in [0.05, 0.1) is 21.5 Å². The van der Waals surface area contributed by atoms with Gasteiger partial charge in [0.1, 0.15) is 6.10 Å². The van der Waals surface area contributed by atoms with E-state index in [1.165, 1.54) is 32.0 Å². The van der Waals surface area contributed by atoms with Crippen LogP contribution in [0.1, 0.15) is 60.1 Å². The van der Waals surface area contributed by atoms with Crippen LogP contribution in [0.3, 0.4) is 0 Å². The van der Waals surface area contributed by atoms with Gasteiger partial charge in [-0.3, -0.25) is 14.2 Å². The van der Waals surface area contributed by atoms with Gasteiger partial charge in [0.25, 0.3) is 5.91 Å². The summed E-state index contributed by atoms with van der Waals surface area (Å²) in [5.74, 6) is -5.82. The first-order chi connectivity index (χ1) is 15.6. The minimum atomic E-state index is -1.25. The summed E-state index contributed by atoms with van der Waals surface area (Å²) in [6.45, 7) is 3.06. The fourth-order valence-corrected chi connectivity index (χ4v) is 4.75. The lowest BCUT2D eigenvalue weighted by atomic mass is 9.97. The third kappa shape index (κ3) is 4.08. The third-order valence-corrected chi connectivity index (χ3v) is 6.89. The van der Waals surface area contributed by atoms with Crippen molar-refractivity contribution in [1.82, 2.24) is 4.57 Å². The quantitative estimate of drug-likeness (QED) is 0.418. The lowest BCUT2D eigenvalue weighted by Gasteiger charge is -2.17. The van der Waals surface area contributed by atoms with Crippen LogP contribution in [0.15, 0.2) is 24.3 Å². The molecule has 9 heteroatoms. The maximum Gasteiger partial charge on any atom is 0.313 e. The molecule has 2 aromatic carbocycles. The number of aromatic hydroxyl groups is 1. The topological polar surface area (TPSA) is 68.5 Å². The molecule has 0 spiro atoms. The Kier molecular flexibility index (Phi) is 6.38. The Morgan fingerprint density at radius 3 is 2.45 bits per heavy atom. The number of carbonyl (C=O) groups is 2. The van der Waals surface area contributed by atoms with E-state index in [4.69, 9.17) is 27.9 Å². The lowest BCUT2D eigenvalue weighted by Crippen LogP contribution is -2.20. The van der Waals surface area contributed by atoms with E-state index in [1.807, 2.05) is 0 Å². The van der Waals surface area contributed by atoms with Crippen LogP contribution in [0.25, 0.3) is 10.9 Å². The summed E-state index contributed by atoms with van der Waals surface area (Å²) < 4.78 is 36.1. The van der Waals surface area contributed by atoms with Gasteiger partial charge in [-0.15, -0.1) is 0 Å². The van der Waals surface area contributed by atoms with Crippen molar-refractivity contribution in [2.24, 2.45) is 0 Å². The molecular formula is C24H21Cl2F2NO4. The second-order valence-corrected chi connectivity index (χ2v) is 9.06. The molecule has 1 fully saturated rings. The Bertz CT molecular complexity index is 1280. The highest BCUT2D eigenvalue weighted by Gasteiger charge is 2.32. The number of halogens is 4. The smallest absolute Gasteiger partial charge is 0.313 e. The molecule has 1 unspecified atom stereocenters. The van der Waals surface area contributed by atoms with Crippen LogP contribution in [-0.2, 0) is 9.53 Å². The van der Waals surface area contributed by atoms with E-state index in [2.05, 4.69) is 0 Å². The fourth-order valence-electron chi connectivity index (χ4n) is 4.45. The summed E-state index contributed by atoms with van der Waals surface area (Å²) in [4.78, 5) is 26.3. The van der Waals surface area contributed by atoms with E-state index in [9.17, 15) is 19.1 Å². The zero-order valence-corrected chi connectivity index (χ0v) is 19.4. The van der Waals surface area contributed by atoms with Crippen molar-refractivity contribution in [3.8, 4) is 5.75 Å². The molecule has 0 bridgehead atoms. The highest BCUT2D eigenvalue weighted by molar-refractivity contribution is 6.42. The highest BCUT2D eigenvalue weighted by atomic mass is 35.5. The zero-order chi connectivity index (χ0) is 24.0. The number of aromatic nitrogens is 1. The maximum atomic E-state index is 15.1. The first kappa shape index (κ1) is 23.5. The van der Waals surface area contributed by atoms with Gasteiger partial charge in [0, 0.05) is 22.7 Å². The Labute approximate surface area is 198 Å². The average Bonchev–Trinajstić information content (AvgIpc) is 3.38. The highest BCUT2D eigenvalue weighted by Crippen LogP contribution is 2.39. The second-order valence-electron chi connectivity index (χ2n) is 8.25. The van der Waals surface area contributed by atoms with Gasteiger partial charge in [0.15, 0.2) is 17.4 Å². The van der Waals surface area contributed by atoms with Gasteiger partial charge in [-0.05, 0) is 63.3 Å². The molecule has 1 aromatic heterocycles. The molecule has 174 valence electrons. The molecule has 1 N–H and O–H groups in total. The molecule has 1 aliphatic carbocycles. The number of nitrogens with zero attached hydrogens (tertiary/aromatic N) is 1. The van der Waals surface area contributed by atoms with Crippen molar-refractivity contribution in [3.05, 3.63) is 62.8 Å². The number of ether oxygens (including phenoxy) is 1. The molecule has 1 heterocycles. The van der Waals surface area contributed by atoms with Crippen LogP contribution in [0.5, 0.6) is 5.75 Å². The number of fused-ring (bicyclic) bond motifs is 1. The van der Waals surface area contributed by atoms with Crippen LogP contribution in [0, 0.1) is 18.6 Å². The molecule has 0 radical (unpaired) electrons. The zero-order valence-electron chi connectivity index (χ0n) is 17.9. The minimum absolute atomic E-state index is 0.119. The Balaban J connectivity index is 1.89. The van der Waals surface area contributed by atoms with Gasteiger partial charge < -0.3 is 9.84 Å². The summed E-state index contributed by atoms with van der Waals surface area (Å²) >= 11 is 12.0. The van der Waals surface area contributed by atoms with Gasteiger partial charge in [-0.1, -0.05) is 23.2 Å². The third-order valence-electron chi connectivity index (χ3n) is 6.15. The van der Waals surface area contributed by atoms with Crippen LogP contribution < -0.4 is 0 Å². The van der Waals surface area contributed by atoms with Crippen LogP contribution >= 0.6 is 23.2 Å². The molecule has 33 heavy (non-hydrogen) atoms. The standard InChI is InChI=1S/C24H21Cl2F2NO4/c1-11(24(32)33-14-5-3-4-6-14)19-12(2)29(18-10-17(27)22(30)21(28)20(18)19)23(31)13-7-8-15(25)16(26)9-13/h7-11,14,30H,3-6H2,1-2H3. The van der Waals surface area contributed by atoms with E-state index in [0.717, 1.165) is 36.3 Å². The summed E-state index contributed by atoms with van der Waals surface area (Å²) in [7, 11) is 0. The summed E-state index contributed by atoms with van der Waals surface area (Å²) in [6, 6.07) is 5.09. The van der Waals surface area contributed by atoms with E-state index in [-0.39, 0.29) is 43.9 Å². The molecule has 4 rings (SSSR count). The van der Waals surface area contributed by atoms with Gasteiger partial charge >= 0.3 is 5.97 Å². The summed E-state index contributed by atoms with van der Waals surface area (Å²) in [5.41, 5.74) is 0.382. The predicted molar refractivity (Wildman–Crippen MR) is 121 cm³/mol. The Morgan fingerprint density at radius 2 is 1.82 bits per heavy atom. The number of rotatable bonds is 4. The fraction of sp³-hybridized carbons (Fsp3) is 0.333. The lowest BCUT2D eigenvalue weighted by molar-refractivity contribution is -0.150. The molecule has 1 atom stereocenters. The number of benzene rings is 2. The summed E-state index contributed by atoms with van der Waals surface area (Å²) in [6.07, 6.45) is 3.24. The largest absolute Gasteiger partial charge is 0.503 e. The molecule has 5 nitrogen and oxygen atoms in total. The molecule has 3 aromatic rings. The molecule has 0 amide bonds. The van der Waals surface area contributed by atoms with Gasteiger partial charge in [-0.2, -0.15) is 0 Å². The van der Waals surface area contributed by atoms with Crippen molar-refractivity contribution >= 4 is 46.0 Å². The number of hydrogen-bond donors (Lipinski definition) is 1. The van der Waals surface area contributed by atoms with Crippen LogP contribution in [-0.4, -0.2) is 27.7 Å². The predicted octanol–water partition coefficient (Wildman–Crippen LogP) is 6.52. The molecule has 0 aliphatic heterocycles. The molecule has 1 aliphatic rings. The first-order valence-corrected chi connectivity index (χ1v) is 11.3. The van der Waals surface area contributed by atoms with E-state index >= 15 is 4.39 Å². The normalized spacial score (nSPS) is 15.2. The van der Waals surface area contributed by atoms with Crippen molar-refractivity contribution in [3.63, 3.8) is 0 Å². The Hall–Kier alpha value is -2.64. The van der Waals surface area contributed by atoms with Crippen LogP contribution in [0.2, 0.25) is 10.0 Å². The molecular weight excluding hydrogens is 475 g/mol. The number of carbonyl (C=O) groups excluding carboxylic acids is 2. The Morgan fingerprint density at radius 1 is 1.15 bits per heavy atom. The van der Waals surface area contributed by atoms with Crippen molar-refractivity contribution in [1.29, 1.82) is 0 Å². The minimum Gasteiger partial charge on any atom is -0.503 e. The average molecular weight is 496 g/mol. The first-order valence-electron chi connectivity index (χ1n) is 10.5. The molecule has 1 saturated carbocycles.